The summed E-state index contributed by atoms with van der Waals surface area (Å²) in [4.78, 5) is 29.3. The van der Waals surface area contributed by atoms with Crippen LogP contribution in [0.5, 0.6) is 5.75 Å². The first-order valence-corrected chi connectivity index (χ1v) is 10.1. The molecular formula is C24H19N5O3. The molecule has 158 valence electrons. The predicted octanol–water partition coefficient (Wildman–Crippen LogP) is 3.91. The molecular weight excluding hydrogens is 406 g/mol. The molecule has 8 heteroatoms. The molecule has 2 amide bonds. The van der Waals surface area contributed by atoms with E-state index in [-0.39, 0.29) is 11.7 Å². The average molecular weight is 425 g/mol. The molecule has 32 heavy (non-hydrogen) atoms. The zero-order valence-electron chi connectivity index (χ0n) is 17.1. The second kappa shape index (κ2) is 7.99. The van der Waals surface area contributed by atoms with Crippen molar-refractivity contribution in [3.63, 3.8) is 0 Å². The average Bonchev–Trinajstić information content (AvgIpc) is 3.27. The summed E-state index contributed by atoms with van der Waals surface area (Å²) in [6.07, 6.45) is -0.564. The van der Waals surface area contributed by atoms with E-state index in [2.05, 4.69) is 20.7 Å². The molecule has 5 rings (SSSR count). The Morgan fingerprint density at radius 2 is 1.75 bits per heavy atom. The van der Waals surface area contributed by atoms with E-state index in [9.17, 15) is 9.59 Å². The Kier molecular flexibility index (Phi) is 4.87. The van der Waals surface area contributed by atoms with Crippen molar-refractivity contribution < 1.29 is 14.3 Å². The summed E-state index contributed by atoms with van der Waals surface area (Å²) in [6.45, 7) is 1.67. The highest BCUT2D eigenvalue weighted by Crippen LogP contribution is 2.32. The number of hydrogen-bond acceptors (Lipinski definition) is 5. The van der Waals surface area contributed by atoms with Gasteiger partial charge in [-0.15, -0.1) is 5.10 Å². The number of nitrogens with one attached hydrogen (secondary N) is 2. The van der Waals surface area contributed by atoms with Crippen molar-refractivity contribution in [3.8, 4) is 22.8 Å². The number of fused-ring (bicyclic) bond motifs is 1. The number of amides is 2. The summed E-state index contributed by atoms with van der Waals surface area (Å²) < 4.78 is 7.20. The fraction of sp³-hybridized carbons (Fsp3) is 0.0833. The van der Waals surface area contributed by atoms with Crippen molar-refractivity contribution in [1.29, 1.82) is 0 Å². The van der Waals surface area contributed by atoms with Crippen molar-refractivity contribution in [3.05, 3.63) is 84.7 Å². The second-order valence-corrected chi connectivity index (χ2v) is 7.29. The van der Waals surface area contributed by atoms with Crippen molar-refractivity contribution in [2.24, 2.45) is 0 Å². The third kappa shape index (κ3) is 3.69. The molecule has 0 saturated carbocycles. The van der Waals surface area contributed by atoms with Crippen LogP contribution in [0.4, 0.5) is 11.4 Å². The summed E-state index contributed by atoms with van der Waals surface area (Å²) in [5, 5.41) is 10.0. The van der Waals surface area contributed by atoms with Crippen LogP contribution in [-0.4, -0.2) is 32.7 Å². The number of para-hydroxylation sites is 1. The molecule has 0 unspecified atom stereocenters. The zero-order chi connectivity index (χ0) is 22.1. The molecule has 1 atom stereocenters. The van der Waals surface area contributed by atoms with Gasteiger partial charge in [0.2, 0.25) is 5.82 Å². The molecule has 1 aromatic heterocycles. The van der Waals surface area contributed by atoms with Gasteiger partial charge in [-0.25, -0.2) is 9.67 Å². The smallest absolute Gasteiger partial charge is 0.295 e. The van der Waals surface area contributed by atoms with E-state index in [1.54, 1.807) is 29.8 Å². The Morgan fingerprint density at radius 1 is 1.03 bits per heavy atom. The van der Waals surface area contributed by atoms with Gasteiger partial charge in [0.05, 0.1) is 11.4 Å². The van der Waals surface area contributed by atoms with Crippen LogP contribution >= 0.6 is 0 Å². The Bertz CT molecular complexity index is 1240. The highest BCUT2D eigenvalue weighted by atomic mass is 16.5. The predicted molar refractivity (Wildman–Crippen MR) is 120 cm³/mol. The standard InChI is InChI=1S/C24H19N5O3/c1-15-23(30)26-19-14-17(12-13-20(19)32-15)25-24(31)21-27-22(16-8-4-2-5-9-16)29(28-21)18-10-6-3-7-11-18/h2-15H,1H3,(H,25,31)(H,26,30)/t15-/m1/s1. The largest absolute Gasteiger partial charge is 0.479 e. The van der Waals surface area contributed by atoms with Crippen LogP contribution in [0.15, 0.2) is 78.9 Å². The topological polar surface area (TPSA) is 98.1 Å². The molecule has 3 aromatic carbocycles. The lowest BCUT2D eigenvalue weighted by atomic mass is 10.2. The summed E-state index contributed by atoms with van der Waals surface area (Å²) in [5.41, 5.74) is 2.62. The molecule has 2 N–H and O–H groups in total. The first kappa shape index (κ1) is 19.5. The molecule has 0 bridgehead atoms. The molecule has 1 aliphatic heterocycles. The molecule has 0 saturated heterocycles. The minimum absolute atomic E-state index is 0.0272. The van der Waals surface area contributed by atoms with Gasteiger partial charge < -0.3 is 15.4 Å². The number of rotatable bonds is 4. The Balaban J connectivity index is 1.46. The third-order valence-corrected chi connectivity index (χ3v) is 5.01. The van der Waals surface area contributed by atoms with Crippen LogP contribution < -0.4 is 15.4 Å². The fourth-order valence-electron chi connectivity index (χ4n) is 3.41. The van der Waals surface area contributed by atoms with Crippen LogP contribution in [0.1, 0.15) is 17.5 Å². The molecule has 2 heterocycles. The number of aromatic nitrogens is 3. The number of nitrogens with zero attached hydrogens (tertiary/aromatic N) is 3. The van der Waals surface area contributed by atoms with Gasteiger partial charge in [0.25, 0.3) is 11.8 Å². The fourth-order valence-corrected chi connectivity index (χ4v) is 3.41. The van der Waals surface area contributed by atoms with Gasteiger partial charge in [-0.1, -0.05) is 48.5 Å². The van der Waals surface area contributed by atoms with Crippen LogP contribution in [-0.2, 0) is 4.79 Å². The molecule has 0 aliphatic carbocycles. The number of carbonyl (C=O) groups is 2. The third-order valence-electron chi connectivity index (χ3n) is 5.01. The quantitative estimate of drug-likeness (QED) is 0.517. The van der Waals surface area contributed by atoms with Gasteiger partial charge in [-0.05, 0) is 37.3 Å². The lowest BCUT2D eigenvalue weighted by Gasteiger charge is -2.23. The minimum Gasteiger partial charge on any atom is -0.479 e. The van der Waals surface area contributed by atoms with Gasteiger partial charge in [0.15, 0.2) is 11.9 Å². The molecule has 1 aliphatic rings. The molecule has 0 spiro atoms. The maximum absolute atomic E-state index is 13.0. The number of benzene rings is 3. The number of carbonyl (C=O) groups excluding carboxylic acids is 2. The molecule has 4 aromatic rings. The minimum atomic E-state index is -0.564. The van der Waals surface area contributed by atoms with E-state index in [1.165, 1.54) is 0 Å². The molecule has 8 nitrogen and oxygen atoms in total. The second-order valence-electron chi connectivity index (χ2n) is 7.29. The van der Waals surface area contributed by atoms with E-state index < -0.39 is 12.0 Å². The van der Waals surface area contributed by atoms with Crippen molar-refractivity contribution >= 4 is 23.2 Å². The maximum Gasteiger partial charge on any atom is 0.295 e. The monoisotopic (exact) mass is 425 g/mol. The lowest BCUT2D eigenvalue weighted by Crippen LogP contribution is -2.34. The van der Waals surface area contributed by atoms with Crippen LogP contribution in [0.3, 0.4) is 0 Å². The first-order valence-electron chi connectivity index (χ1n) is 10.1. The normalized spacial score (nSPS) is 14.8. The zero-order valence-corrected chi connectivity index (χ0v) is 17.1. The summed E-state index contributed by atoms with van der Waals surface area (Å²) in [6, 6.07) is 24.1. The molecule has 0 radical (unpaired) electrons. The number of hydrogen-bond donors (Lipinski definition) is 2. The van der Waals surface area contributed by atoms with Gasteiger partial charge >= 0.3 is 0 Å². The summed E-state index contributed by atoms with van der Waals surface area (Å²) in [7, 11) is 0. The maximum atomic E-state index is 13.0. The van der Waals surface area contributed by atoms with Gasteiger partial charge in [0, 0.05) is 11.3 Å². The van der Waals surface area contributed by atoms with Gasteiger partial charge in [0.1, 0.15) is 5.75 Å². The Hall–Kier alpha value is -4.46. The highest BCUT2D eigenvalue weighted by molar-refractivity contribution is 6.03. The number of anilines is 2. The van der Waals surface area contributed by atoms with Crippen LogP contribution in [0.25, 0.3) is 17.1 Å². The van der Waals surface area contributed by atoms with Gasteiger partial charge in [-0.2, -0.15) is 0 Å². The van der Waals surface area contributed by atoms with E-state index in [1.807, 2.05) is 60.7 Å². The van der Waals surface area contributed by atoms with Crippen molar-refractivity contribution in [1.82, 2.24) is 14.8 Å². The highest BCUT2D eigenvalue weighted by Gasteiger charge is 2.24. The summed E-state index contributed by atoms with van der Waals surface area (Å²) in [5.74, 6) is 0.430. The SMILES string of the molecule is C[C@H]1Oc2ccc(NC(=O)c3nc(-c4ccccc4)n(-c4ccccc4)n3)cc2NC1=O. The van der Waals surface area contributed by atoms with Crippen LogP contribution in [0.2, 0.25) is 0 Å². The first-order chi connectivity index (χ1) is 15.6. The Morgan fingerprint density at radius 3 is 2.50 bits per heavy atom. The van der Waals surface area contributed by atoms with Crippen LogP contribution in [0, 0.1) is 0 Å². The van der Waals surface area contributed by atoms with E-state index in [0.29, 0.717) is 22.9 Å². The lowest BCUT2D eigenvalue weighted by molar-refractivity contribution is -0.122. The molecule has 0 fully saturated rings. The van der Waals surface area contributed by atoms with Crippen molar-refractivity contribution in [2.75, 3.05) is 10.6 Å². The van der Waals surface area contributed by atoms with Gasteiger partial charge in [-0.3, -0.25) is 9.59 Å². The number of ether oxygens (including phenoxy) is 1. The Labute approximate surface area is 183 Å². The van der Waals surface area contributed by atoms with E-state index >= 15 is 0 Å². The summed E-state index contributed by atoms with van der Waals surface area (Å²) >= 11 is 0. The van der Waals surface area contributed by atoms with Crippen molar-refractivity contribution in [2.45, 2.75) is 13.0 Å². The van der Waals surface area contributed by atoms with E-state index in [0.717, 1.165) is 11.3 Å². The van der Waals surface area contributed by atoms with E-state index in [4.69, 9.17) is 4.74 Å².